The van der Waals surface area contributed by atoms with E-state index in [1.165, 1.54) is 12.1 Å². The fourth-order valence-electron chi connectivity index (χ4n) is 2.64. The van der Waals surface area contributed by atoms with E-state index in [9.17, 15) is 36.2 Å². The summed E-state index contributed by atoms with van der Waals surface area (Å²) in [4.78, 5) is 12.4. The SMILES string of the molecule is O=C(Nc1cc(C(F)(F)F)cc(C(F)(F)F)c1)c1cc2ccccc2cc1O. The number of hydrogen-bond donors (Lipinski definition) is 2. The van der Waals surface area contributed by atoms with E-state index in [1.807, 2.05) is 5.32 Å². The first-order valence-corrected chi connectivity index (χ1v) is 7.78. The number of carbonyl (C=O) groups is 1. The van der Waals surface area contributed by atoms with Gasteiger partial charge in [0.05, 0.1) is 16.7 Å². The van der Waals surface area contributed by atoms with Crippen molar-refractivity contribution in [1.29, 1.82) is 0 Å². The summed E-state index contributed by atoms with van der Waals surface area (Å²) in [6.07, 6.45) is -10.1. The second-order valence-corrected chi connectivity index (χ2v) is 5.97. The maximum atomic E-state index is 12.9. The number of aromatic hydroxyl groups is 1. The maximum Gasteiger partial charge on any atom is 0.416 e. The lowest BCUT2D eigenvalue weighted by atomic mass is 10.0. The third-order valence-corrected chi connectivity index (χ3v) is 3.95. The van der Waals surface area contributed by atoms with Crippen LogP contribution in [0, 0.1) is 0 Å². The van der Waals surface area contributed by atoms with Crippen molar-refractivity contribution in [2.45, 2.75) is 12.4 Å². The predicted molar refractivity (Wildman–Crippen MR) is 90.0 cm³/mol. The van der Waals surface area contributed by atoms with E-state index in [-0.39, 0.29) is 11.6 Å². The summed E-state index contributed by atoms with van der Waals surface area (Å²) in [6, 6.07) is 9.98. The molecule has 0 aromatic heterocycles. The monoisotopic (exact) mass is 399 g/mol. The largest absolute Gasteiger partial charge is 0.507 e. The number of hydrogen-bond acceptors (Lipinski definition) is 2. The van der Waals surface area contributed by atoms with E-state index in [4.69, 9.17) is 0 Å². The van der Waals surface area contributed by atoms with Gasteiger partial charge in [-0.25, -0.2) is 0 Å². The zero-order valence-corrected chi connectivity index (χ0v) is 13.8. The zero-order valence-electron chi connectivity index (χ0n) is 13.8. The van der Waals surface area contributed by atoms with Gasteiger partial charge in [-0.1, -0.05) is 24.3 Å². The number of carbonyl (C=O) groups excluding carboxylic acids is 1. The van der Waals surface area contributed by atoms with Crippen LogP contribution in [-0.2, 0) is 12.4 Å². The highest BCUT2D eigenvalue weighted by Crippen LogP contribution is 2.37. The summed E-state index contributed by atoms with van der Waals surface area (Å²) in [5.74, 6) is -1.50. The molecule has 146 valence electrons. The Balaban J connectivity index is 2.01. The molecule has 3 aromatic rings. The molecular weight excluding hydrogens is 388 g/mol. The lowest BCUT2D eigenvalue weighted by Crippen LogP contribution is -2.16. The molecule has 0 unspecified atom stereocenters. The number of anilines is 1. The van der Waals surface area contributed by atoms with Gasteiger partial charge in [0.2, 0.25) is 0 Å². The average Bonchev–Trinajstić information content (AvgIpc) is 2.59. The number of halogens is 6. The van der Waals surface area contributed by atoms with Crippen molar-refractivity contribution in [3.8, 4) is 5.75 Å². The molecule has 3 aromatic carbocycles. The van der Waals surface area contributed by atoms with Crippen LogP contribution in [0.4, 0.5) is 32.0 Å². The van der Waals surface area contributed by atoms with Gasteiger partial charge in [0.25, 0.3) is 5.91 Å². The number of benzene rings is 3. The molecule has 2 N–H and O–H groups in total. The van der Waals surface area contributed by atoms with E-state index < -0.39 is 40.8 Å². The van der Waals surface area contributed by atoms with Crippen LogP contribution in [-0.4, -0.2) is 11.0 Å². The quantitative estimate of drug-likeness (QED) is 0.533. The van der Waals surface area contributed by atoms with Gasteiger partial charge < -0.3 is 10.4 Å². The van der Waals surface area contributed by atoms with E-state index in [0.717, 1.165) is 0 Å². The van der Waals surface area contributed by atoms with Crippen molar-refractivity contribution in [2.75, 3.05) is 5.32 Å². The minimum Gasteiger partial charge on any atom is -0.507 e. The van der Waals surface area contributed by atoms with E-state index in [2.05, 4.69) is 0 Å². The molecule has 0 heterocycles. The van der Waals surface area contributed by atoms with Gasteiger partial charge in [0.15, 0.2) is 0 Å². The van der Waals surface area contributed by atoms with E-state index >= 15 is 0 Å². The molecule has 1 amide bonds. The van der Waals surface area contributed by atoms with Gasteiger partial charge in [0.1, 0.15) is 5.75 Å². The number of alkyl halides is 6. The van der Waals surface area contributed by atoms with Crippen molar-refractivity contribution in [3.63, 3.8) is 0 Å². The highest BCUT2D eigenvalue weighted by Gasteiger charge is 2.37. The number of fused-ring (bicyclic) bond motifs is 1. The molecular formula is C19H11F6NO2. The molecule has 0 saturated heterocycles. The minimum absolute atomic E-state index is 0.0385. The number of phenolic OH excluding ortho intramolecular Hbond substituents is 1. The molecule has 0 aliphatic carbocycles. The Morgan fingerprint density at radius 1 is 0.786 bits per heavy atom. The Morgan fingerprint density at radius 2 is 1.29 bits per heavy atom. The molecule has 0 fully saturated rings. The van der Waals surface area contributed by atoms with Crippen molar-refractivity contribution < 1.29 is 36.2 Å². The first-order chi connectivity index (χ1) is 12.9. The molecule has 3 nitrogen and oxygen atoms in total. The normalized spacial score (nSPS) is 12.2. The standard InChI is InChI=1S/C19H11F6NO2/c20-18(21,22)12-7-13(19(23,24)25)9-14(8-12)26-17(28)15-5-10-3-1-2-4-11(10)6-16(15)27/h1-9,27H,(H,26,28). The fourth-order valence-corrected chi connectivity index (χ4v) is 2.64. The van der Waals surface area contributed by atoms with Gasteiger partial charge in [-0.3, -0.25) is 4.79 Å². The topological polar surface area (TPSA) is 49.3 Å². The van der Waals surface area contributed by atoms with Gasteiger partial charge in [0, 0.05) is 5.69 Å². The van der Waals surface area contributed by atoms with E-state index in [0.29, 0.717) is 22.9 Å². The van der Waals surface area contributed by atoms with Crippen LogP contribution in [0.2, 0.25) is 0 Å². The number of amides is 1. The molecule has 3 rings (SSSR count). The summed E-state index contributed by atoms with van der Waals surface area (Å²) >= 11 is 0. The summed E-state index contributed by atoms with van der Waals surface area (Å²) in [6.45, 7) is 0. The molecule has 0 atom stereocenters. The van der Waals surface area contributed by atoms with Crippen molar-refractivity contribution in [2.24, 2.45) is 0 Å². The smallest absolute Gasteiger partial charge is 0.416 e. The Labute approximate surface area is 154 Å². The van der Waals surface area contributed by atoms with Crippen LogP contribution in [0.3, 0.4) is 0 Å². The Kier molecular flexibility index (Phi) is 4.70. The van der Waals surface area contributed by atoms with Crippen LogP contribution < -0.4 is 5.32 Å². The number of phenols is 1. The highest BCUT2D eigenvalue weighted by atomic mass is 19.4. The average molecular weight is 399 g/mol. The summed E-state index contributed by atoms with van der Waals surface area (Å²) in [5.41, 5.74) is -4.09. The summed E-state index contributed by atoms with van der Waals surface area (Å²) in [5, 5.41) is 13.2. The molecule has 9 heteroatoms. The number of rotatable bonds is 2. The van der Waals surface area contributed by atoms with Gasteiger partial charge >= 0.3 is 12.4 Å². The van der Waals surface area contributed by atoms with Crippen molar-refractivity contribution in [3.05, 3.63) is 71.3 Å². The van der Waals surface area contributed by atoms with Gasteiger partial charge in [-0.15, -0.1) is 0 Å². The Morgan fingerprint density at radius 3 is 1.79 bits per heavy atom. The van der Waals surface area contributed by atoms with Gasteiger partial charge in [-0.2, -0.15) is 26.3 Å². The summed E-state index contributed by atoms with van der Waals surface area (Å²) < 4.78 is 77.5. The molecule has 0 spiro atoms. The van der Waals surface area contributed by atoms with Crippen molar-refractivity contribution in [1.82, 2.24) is 0 Å². The van der Waals surface area contributed by atoms with Crippen LogP contribution in [0.15, 0.2) is 54.6 Å². The first kappa shape index (κ1) is 19.5. The third kappa shape index (κ3) is 4.03. The lowest BCUT2D eigenvalue weighted by Gasteiger charge is -2.15. The molecule has 0 aliphatic heterocycles. The molecule has 0 saturated carbocycles. The first-order valence-electron chi connectivity index (χ1n) is 7.78. The third-order valence-electron chi connectivity index (χ3n) is 3.95. The molecule has 0 bridgehead atoms. The zero-order chi connectivity index (χ0) is 20.7. The summed E-state index contributed by atoms with van der Waals surface area (Å²) in [7, 11) is 0. The highest BCUT2D eigenvalue weighted by molar-refractivity contribution is 6.08. The second kappa shape index (κ2) is 6.74. The second-order valence-electron chi connectivity index (χ2n) is 5.97. The molecule has 0 radical (unpaired) electrons. The number of nitrogens with one attached hydrogen (secondary N) is 1. The van der Waals surface area contributed by atoms with Crippen LogP contribution in [0.25, 0.3) is 10.8 Å². The van der Waals surface area contributed by atoms with Crippen LogP contribution in [0.5, 0.6) is 5.75 Å². The lowest BCUT2D eigenvalue weighted by molar-refractivity contribution is -0.143. The molecule has 0 aliphatic rings. The van der Waals surface area contributed by atoms with Gasteiger partial charge in [-0.05, 0) is 41.1 Å². The predicted octanol–water partition coefficient (Wildman–Crippen LogP) is 5.84. The van der Waals surface area contributed by atoms with Crippen LogP contribution >= 0.6 is 0 Å². The van der Waals surface area contributed by atoms with Crippen molar-refractivity contribution >= 4 is 22.4 Å². The Hall–Kier alpha value is -3.23. The Bertz CT molecular complexity index is 1020. The van der Waals surface area contributed by atoms with Crippen LogP contribution in [0.1, 0.15) is 21.5 Å². The maximum absolute atomic E-state index is 12.9. The van der Waals surface area contributed by atoms with E-state index in [1.54, 1.807) is 24.3 Å². The minimum atomic E-state index is -5.04. The molecule has 28 heavy (non-hydrogen) atoms. The fraction of sp³-hybridized carbons (Fsp3) is 0.105.